The lowest BCUT2D eigenvalue weighted by molar-refractivity contribution is -0.136. The minimum Gasteiger partial charge on any atom is -0.338 e. The first-order valence-corrected chi connectivity index (χ1v) is 8.69. The summed E-state index contributed by atoms with van der Waals surface area (Å²) in [5, 5.41) is 4.81. The number of para-hydroxylation sites is 3. The Bertz CT molecular complexity index is 1150. The molecule has 0 bridgehead atoms. The topological polar surface area (TPSA) is 69.8 Å². The Balaban J connectivity index is 1.53. The molecule has 0 atom stereocenters. The second-order valence-corrected chi connectivity index (χ2v) is 6.31. The zero-order valence-corrected chi connectivity index (χ0v) is 14.9. The fourth-order valence-corrected chi connectivity index (χ4v) is 2.96. The molecule has 0 unspecified atom stereocenters. The number of H-pyrrole nitrogens is 1. The number of carbonyl (C=O) groups excluding carboxylic acids is 1. The van der Waals surface area contributed by atoms with Crippen molar-refractivity contribution in [3.63, 3.8) is 0 Å². The molecule has 0 spiro atoms. The molecule has 0 radical (unpaired) electrons. The van der Waals surface area contributed by atoms with Crippen LogP contribution >= 0.6 is 0 Å². The summed E-state index contributed by atoms with van der Waals surface area (Å²) < 4.78 is 39.2. The Labute approximate surface area is 163 Å². The van der Waals surface area contributed by atoms with Gasteiger partial charge in [-0.3, -0.25) is 0 Å². The first-order valence-electron chi connectivity index (χ1n) is 8.69. The third-order valence-electron chi connectivity index (χ3n) is 4.26. The van der Waals surface area contributed by atoms with E-state index in [1.54, 1.807) is 18.2 Å². The molecule has 0 fully saturated rings. The van der Waals surface area contributed by atoms with Gasteiger partial charge in [-0.1, -0.05) is 36.4 Å². The van der Waals surface area contributed by atoms with Crippen molar-refractivity contribution < 1.29 is 18.0 Å². The van der Waals surface area contributed by atoms with E-state index < -0.39 is 17.8 Å². The number of imidazole rings is 1. The summed E-state index contributed by atoms with van der Waals surface area (Å²) in [7, 11) is 0. The van der Waals surface area contributed by atoms with Gasteiger partial charge < -0.3 is 15.6 Å². The Morgan fingerprint density at radius 3 is 2.45 bits per heavy atom. The number of hydrogen-bond acceptors (Lipinski definition) is 2. The van der Waals surface area contributed by atoms with Gasteiger partial charge in [0.15, 0.2) is 0 Å². The molecule has 0 aliphatic heterocycles. The van der Waals surface area contributed by atoms with Gasteiger partial charge in [-0.05, 0) is 36.4 Å². The lowest BCUT2D eigenvalue weighted by Crippen LogP contribution is -2.21. The largest absolute Gasteiger partial charge is 0.418 e. The van der Waals surface area contributed by atoms with Crippen molar-refractivity contribution >= 4 is 28.4 Å². The van der Waals surface area contributed by atoms with Crippen LogP contribution in [0.15, 0.2) is 72.8 Å². The molecule has 0 aliphatic carbocycles. The van der Waals surface area contributed by atoms with Crippen molar-refractivity contribution in [2.75, 3.05) is 10.6 Å². The van der Waals surface area contributed by atoms with E-state index >= 15 is 0 Å². The number of benzene rings is 3. The highest BCUT2D eigenvalue weighted by Gasteiger charge is 2.33. The third kappa shape index (κ3) is 4.06. The van der Waals surface area contributed by atoms with E-state index in [-0.39, 0.29) is 5.69 Å². The number of alkyl halides is 3. The number of urea groups is 1. The number of nitrogens with one attached hydrogen (secondary N) is 3. The summed E-state index contributed by atoms with van der Waals surface area (Å²) in [6.45, 7) is 0. The summed E-state index contributed by atoms with van der Waals surface area (Å²) in [6.07, 6.45) is -4.56. The summed E-state index contributed by atoms with van der Waals surface area (Å²) in [5.74, 6) is 0.623. The number of hydrogen-bond donors (Lipinski definition) is 3. The smallest absolute Gasteiger partial charge is 0.338 e. The molecule has 5 nitrogen and oxygen atoms in total. The van der Waals surface area contributed by atoms with Gasteiger partial charge in [0.2, 0.25) is 0 Å². The molecular formula is C21H15F3N4O. The van der Waals surface area contributed by atoms with Crippen molar-refractivity contribution in [2.24, 2.45) is 0 Å². The molecule has 3 N–H and O–H groups in total. The zero-order chi connectivity index (χ0) is 20.4. The number of aromatic nitrogens is 2. The van der Waals surface area contributed by atoms with Gasteiger partial charge in [-0.2, -0.15) is 13.2 Å². The minimum atomic E-state index is -4.56. The summed E-state index contributed by atoms with van der Waals surface area (Å²) >= 11 is 0. The number of halogens is 3. The molecule has 8 heteroatoms. The second-order valence-electron chi connectivity index (χ2n) is 6.31. The van der Waals surface area contributed by atoms with E-state index in [1.807, 2.05) is 30.3 Å². The van der Waals surface area contributed by atoms with E-state index in [9.17, 15) is 18.0 Å². The average molecular weight is 396 g/mol. The van der Waals surface area contributed by atoms with E-state index in [1.165, 1.54) is 18.2 Å². The number of amides is 2. The quantitative estimate of drug-likeness (QED) is 0.404. The Hall–Kier alpha value is -3.81. The maximum Gasteiger partial charge on any atom is 0.418 e. The fraction of sp³-hybridized carbons (Fsp3) is 0.0476. The van der Waals surface area contributed by atoms with Gasteiger partial charge in [0.05, 0.1) is 22.3 Å². The number of rotatable bonds is 3. The minimum absolute atomic E-state index is 0.314. The molecular weight excluding hydrogens is 381 g/mol. The summed E-state index contributed by atoms with van der Waals surface area (Å²) in [4.78, 5) is 19.9. The number of nitrogens with zero attached hydrogens (tertiary/aromatic N) is 1. The van der Waals surface area contributed by atoms with Crippen LogP contribution < -0.4 is 10.6 Å². The van der Waals surface area contributed by atoms with Crippen molar-refractivity contribution in [3.05, 3.63) is 78.4 Å². The third-order valence-corrected chi connectivity index (χ3v) is 4.26. The molecule has 4 rings (SSSR count). The highest BCUT2D eigenvalue weighted by molar-refractivity contribution is 6.00. The maximum atomic E-state index is 13.1. The molecule has 0 saturated heterocycles. The van der Waals surface area contributed by atoms with Gasteiger partial charge in [0, 0.05) is 11.3 Å². The lowest BCUT2D eigenvalue weighted by Gasteiger charge is -2.14. The van der Waals surface area contributed by atoms with E-state index in [0.29, 0.717) is 11.5 Å². The van der Waals surface area contributed by atoms with Crippen LogP contribution in [0.2, 0.25) is 0 Å². The van der Waals surface area contributed by atoms with Gasteiger partial charge in [-0.25, -0.2) is 9.78 Å². The fourth-order valence-electron chi connectivity index (χ4n) is 2.96. The molecule has 0 aliphatic rings. The van der Waals surface area contributed by atoms with E-state index in [0.717, 1.165) is 22.7 Å². The molecule has 3 aromatic carbocycles. The van der Waals surface area contributed by atoms with Crippen molar-refractivity contribution in [1.29, 1.82) is 0 Å². The van der Waals surface area contributed by atoms with Crippen LogP contribution in [0.4, 0.5) is 29.3 Å². The first kappa shape index (κ1) is 18.5. The molecule has 29 heavy (non-hydrogen) atoms. The molecule has 2 amide bonds. The Kier molecular flexibility index (Phi) is 4.67. The van der Waals surface area contributed by atoms with Crippen LogP contribution in [0.25, 0.3) is 22.4 Å². The first-order chi connectivity index (χ1) is 13.9. The van der Waals surface area contributed by atoms with Gasteiger partial charge in [0.1, 0.15) is 5.82 Å². The van der Waals surface area contributed by atoms with Crippen LogP contribution in [0.1, 0.15) is 5.56 Å². The maximum absolute atomic E-state index is 13.1. The highest BCUT2D eigenvalue weighted by atomic mass is 19.4. The Morgan fingerprint density at radius 1 is 0.897 bits per heavy atom. The van der Waals surface area contributed by atoms with Crippen LogP contribution in [0, 0.1) is 0 Å². The second kappa shape index (κ2) is 7.31. The van der Waals surface area contributed by atoms with Crippen LogP contribution in [0.5, 0.6) is 0 Å². The van der Waals surface area contributed by atoms with Crippen molar-refractivity contribution in [3.8, 4) is 11.4 Å². The summed E-state index contributed by atoms with van der Waals surface area (Å²) in [6, 6.07) is 18.5. The van der Waals surface area contributed by atoms with Crippen LogP contribution in [-0.4, -0.2) is 16.0 Å². The predicted octanol–water partition coefficient (Wildman–Crippen LogP) is 5.89. The molecule has 146 valence electrons. The highest BCUT2D eigenvalue weighted by Crippen LogP contribution is 2.34. The van der Waals surface area contributed by atoms with Gasteiger partial charge in [0.25, 0.3) is 0 Å². The molecule has 1 aromatic heterocycles. The van der Waals surface area contributed by atoms with Gasteiger partial charge in [-0.15, -0.1) is 0 Å². The molecule has 1 heterocycles. The van der Waals surface area contributed by atoms with E-state index in [4.69, 9.17) is 0 Å². The number of fused-ring (bicyclic) bond motifs is 1. The van der Waals surface area contributed by atoms with Crippen molar-refractivity contribution in [1.82, 2.24) is 9.97 Å². The molecule has 4 aromatic rings. The Morgan fingerprint density at radius 2 is 1.66 bits per heavy atom. The predicted molar refractivity (Wildman–Crippen MR) is 106 cm³/mol. The van der Waals surface area contributed by atoms with Crippen LogP contribution in [-0.2, 0) is 6.18 Å². The van der Waals surface area contributed by atoms with Gasteiger partial charge >= 0.3 is 12.2 Å². The number of anilines is 2. The van der Waals surface area contributed by atoms with E-state index in [2.05, 4.69) is 20.6 Å². The van der Waals surface area contributed by atoms with Crippen LogP contribution in [0.3, 0.4) is 0 Å². The monoisotopic (exact) mass is 396 g/mol. The SMILES string of the molecule is O=C(Nc1cccc(-c2nc3ccccc3[nH]2)c1)Nc1ccccc1C(F)(F)F. The number of aromatic amines is 1. The zero-order valence-electron chi connectivity index (χ0n) is 14.9. The average Bonchev–Trinajstić information content (AvgIpc) is 3.12. The normalized spacial score (nSPS) is 11.4. The molecule has 0 saturated carbocycles. The standard InChI is InChI=1S/C21H15F3N4O/c22-21(23,24)15-8-1-2-9-16(15)28-20(29)25-14-7-5-6-13(12-14)19-26-17-10-3-4-11-18(17)27-19/h1-12H,(H,26,27)(H2,25,28,29). The van der Waals surface area contributed by atoms with Crippen molar-refractivity contribution in [2.45, 2.75) is 6.18 Å². The summed E-state index contributed by atoms with van der Waals surface area (Å²) in [5.41, 5.74) is 1.61. The lowest BCUT2D eigenvalue weighted by atomic mass is 10.1. The number of carbonyl (C=O) groups is 1.